The fourth-order valence-corrected chi connectivity index (χ4v) is 3.46. The van der Waals surface area contributed by atoms with E-state index in [1.54, 1.807) is 18.2 Å². The Bertz CT molecular complexity index is 1290. The molecular weight excluding hydrogens is 444 g/mol. The first kappa shape index (κ1) is 22.5. The predicted molar refractivity (Wildman–Crippen MR) is 126 cm³/mol. The number of aryl methyl sites for hydroxylation is 1. The predicted octanol–water partition coefficient (Wildman–Crippen LogP) is 3.57. The van der Waals surface area contributed by atoms with Gasteiger partial charge in [0.15, 0.2) is 5.82 Å². The van der Waals surface area contributed by atoms with Gasteiger partial charge in [-0.15, -0.1) is 0 Å². The van der Waals surface area contributed by atoms with E-state index < -0.39 is 0 Å². The summed E-state index contributed by atoms with van der Waals surface area (Å²) in [4.78, 5) is 28.3. The SMILES string of the molecule is O=C(CCCc1nc(-c2ccc(Cl)cc2)no1)NCCCNc1n[nH]c(=O)c2ccccc12. The lowest BCUT2D eigenvalue weighted by Crippen LogP contribution is -2.25. The van der Waals surface area contributed by atoms with Crippen LogP contribution in [0.3, 0.4) is 0 Å². The van der Waals surface area contributed by atoms with E-state index in [1.165, 1.54) is 0 Å². The van der Waals surface area contributed by atoms with Crippen molar-refractivity contribution in [3.8, 4) is 11.4 Å². The van der Waals surface area contributed by atoms with Gasteiger partial charge < -0.3 is 15.2 Å². The largest absolute Gasteiger partial charge is 0.368 e. The molecule has 4 rings (SSSR count). The minimum atomic E-state index is -0.217. The second kappa shape index (κ2) is 10.7. The summed E-state index contributed by atoms with van der Waals surface area (Å²) in [5.41, 5.74) is 0.607. The number of carbonyl (C=O) groups is 1. The molecule has 2 aromatic carbocycles. The Hall–Kier alpha value is -3.72. The molecule has 0 fully saturated rings. The number of hydrogen-bond donors (Lipinski definition) is 3. The smallest absolute Gasteiger partial charge is 0.272 e. The van der Waals surface area contributed by atoms with Crippen LogP contribution < -0.4 is 16.2 Å². The highest BCUT2D eigenvalue weighted by Gasteiger charge is 2.10. The molecule has 2 aromatic heterocycles. The van der Waals surface area contributed by atoms with E-state index in [2.05, 4.69) is 31.0 Å². The molecule has 0 spiro atoms. The van der Waals surface area contributed by atoms with Crippen LogP contribution in [0.25, 0.3) is 22.2 Å². The van der Waals surface area contributed by atoms with Crippen LogP contribution in [0.5, 0.6) is 0 Å². The van der Waals surface area contributed by atoms with Crippen molar-refractivity contribution < 1.29 is 9.32 Å². The van der Waals surface area contributed by atoms with Crippen LogP contribution >= 0.6 is 11.6 Å². The lowest BCUT2D eigenvalue weighted by Gasteiger charge is -2.08. The van der Waals surface area contributed by atoms with Crippen molar-refractivity contribution in [2.24, 2.45) is 0 Å². The van der Waals surface area contributed by atoms with Gasteiger partial charge in [0, 0.05) is 41.9 Å². The van der Waals surface area contributed by atoms with Crippen LogP contribution in [0.15, 0.2) is 57.8 Å². The van der Waals surface area contributed by atoms with Crippen molar-refractivity contribution in [2.45, 2.75) is 25.7 Å². The van der Waals surface area contributed by atoms with Crippen molar-refractivity contribution in [2.75, 3.05) is 18.4 Å². The number of nitrogens with zero attached hydrogens (tertiary/aromatic N) is 3. The van der Waals surface area contributed by atoms with Crippen molar-refractivity contribution in [1.29, 1.82) is 0 Å². The number of aromatic nitrogens is 4. The van der Waals surface area contributed by atoms with Gasteiger partial charge in [-0.25, -0.2) is 5.10 Å². The molecule has 0 aliphatic heterocycles. The first-order valence-corrected chi connectivity index (χ1v) is 11.0. The van der Waals surface area contributed by atoms with E-state index in [4.69, 9.17) is 16.1 Å². The number of hydrogen-bond acceptors (Lipinski definition) is 7. The molecule has 0 aliphatic rings. The van der Waals surface area contributed by atoms with Gasteiger partial charge in [0.05, 0.1) is 5.39 Å². The van der Waals surface area contributed by atoms with Crippen molar-refractivity contribution in [3.63, 3.8) is 0 Å². The Morgan fingerprint density at radius 2 is 1.82 bits per heavy atom. The maximum Gasteiger partial charge on any atom is 0.272 e. The highest BCUT2D eigenvalue weighted by atomic mass is 35.5. The number of fused-ring (bicyclic) bond motifs is 1. The second-order valence-electron chi connectivity index (χ2n) is 7.45. The van der Waals surface area contributed by atoms with Crippen LogP contribution in [0.2, 0.25) is 5.02 Å². The maximum absolute atomic E-state index is 12.1. The quantitative estimate of drug-likeness (QED) is 0.305. The van der Waals surface area contributed by atoms with Crippen molar-refractivity contribution in [3.05, 3.63) is 69.8 Å². The third kappa shape index (κ3) is 5.95. The second-order valence-corrected chi connectivity index (χ2v) is 7.89. The highest BCUT2D eigenvalue weighted by molar-refractivity contribution is 6.30. The number of rotatable bonds is 10. The molecular formula is C23H23ClN6O3. The van der Waals surface area contributed by atoms with Crippen LogP contribution in [0.1, 0.15) is 25.2 Å². The molecule has 2 heterocycles. The minimum Gasteiger partial charge on any atom is -0.368 e. The average Bonchev–Trinajstić information content (AvgIpc) is 3.30. The van der Waals surface area contributed by atoms with Gasteiger partial charge in [0.1, 0.15) is 0 Å². The number of amides is 1. The molecule has 3 N–H and O–H groups in total. The monoisotopic (exact) mass is 466 g/mol. The first-order valence-electron chi connectivity index (χ1n) is 10.7. The average molecular weight is 467 g/mol. The number of carbonyl (C=O) groups excluding carboxylic acids is 1. The summed E-state index contributed by atoms with van der Waals surface area (Å²) in [5, 5.41) is 18.6. The lowest BCUT2D eigenvalue weighted by atomic mass is 10.2. The van der Waals surface area contributed by atoms with Crippen LogP contribution in [-0.4, -0.2) is 39.3 Å². The fraction of sp³-hybridized carbons (Fsp3) is 0.261. The molecule has 170 valence electrons. The highest BCUT2D eigenvalue weighted by Crippen LogP contribution is 2.19. The Morgan fingerprint density at radius 1 is 1.03 bits per heavy atom. The van der Waals surface area contributed by atoms with Crippen molar-refractivity contribution in [1.82, 2.24) is 25.7 Å². The normalized spacial score (nSPS) is 10.9. The minimum absolute atomic E-state index is 0.0277. The number of H-pyrrole nitrogens is 1. The maximum atomic E-state index is 12.1. The third-order valence-electron chi connectivity index (χ3n) is 5.03. The summed E-state index contributed by atoms with van der Waals surface area (Å²) in [7, 11) is 0. The summed E-state index contributed by atoms with van der Waals surface area (Å²) in [6, 6.07) is 14.5. The van der Waals surface area contributed by atoms with Gasteiger partial charge in [-0.1, -0.05) is 35.0 Å². The van der Waals surface area contributed by atoms with E-state index in [-0.39, 0.29) is 11.5 Å². The van der Waals surface area contributed by atoms with E-state index in [0.717, 1.165) is 17.4 Å². The Balaban J connectivity index is 1.14. The molecule has 0 unspecified atom stereocenters. The van der Waals surface area contributed by atoms with Crippen LogP contribution in [0, 0.1) is 0 Å². The molecule has 1 amide bonds. The summed E-state index contributed by atoms with van der Waals surface area (Å²) >= 11 is 5.89. The molecule has 9 nitrogen and oxygen atoms in total. The lowest BCUT2D eigenvalue weighted by molar-refractivity contribution is -0.121. The first-order chi connectivity index (χ1) is 16.1. The number of nitrogens with one attached hydrogen (secondary N) is 3. The number of anilines is 1. The zero-order valence-electron chi connectivity index (χ0n) is 17.8. The number of halogens is 1. The Morgan fingerprint density at radius 3 is 2.64 bits per heavy atom. The molecule has 10 heteroatoms. The molecule has 0 atom stereocenters. The van der Waals surface area contributed by atoms with Gasteiger partial charge in [-0.3, -0.25) is 9.59 Å². The van der Waals surface area contributed by atoms with E-state index >= 15 is 0 Å². The molecule has 0 radical (unpaired) electrons. The van der Waals surface area contributed by atoms with Gasteiger partial charge in [-0.05, 0) is 43.2 Å². The molecule has 0 saturated carbocycles. The number of aromatic amines is 1. The van der Waals surface area contributed by atoms with Gasteiger partial charge in [-0.2, -0.15) is 10.1 Å². The molecule has 0 aliphatic carbocycles. The zero-order chi connectivity index (χ0) is 23.0. The standard InChI is InChI=1S/C23H23ClN6O3/c24-16-11-9-15(10-12-16)21-27-20(33-30-21)8-3-7-19(31)25-13-4-14-26-22-17-5-1-2-6-18(17)23(32)29-28-22/h1-2,5-6,9-12H,3-4,7-8,13-14H2,(H,25,31)(H,26,28)(H,29,32). The Labute approximate surface area is 194 Å². The van der Waals surface area contributed by atoms with E-state index in [0.29, 0.717) is 60.3 Å². The van der Waals surface area contributed by atoms with E-state index in [1.807, 2.05) is 30.3 Å². The van der Waals surface area contributed by atoms with E-state index in [9.17, 15) is 9.59 Å². The molecule has 4 aromatic rings. The summed E-state index contributed by atoms with van der Waals surface area (Å²) < 4.78 is 5.26. The summed E-state index contributed by atoms with van der Waals surface area (Å²) in [6.45, 7) is 1.15. The van der Waals surface area contributed by atoms with Crippen molar-refractivity contribution >= 4 is 34.1 Å². The Kier molecular flexibility index (Phi) is 7.31. The van der Waals surface area contributed by atoms with Crippen LogP contribution in [-0.2, 0) is 11.2 Å². The van der Waals surface area contributed by atoms with Gasteiger partial charge >= 0.3 is 0 Å². The van der Waals surface area contributed by atoms with Gasteiger partial charge in [0.2, 0.25) is 17.6 Å². The molecule has 33 heavy (non-hydrogen) atoms. The van der Waals surface area contributed by atoms with Gasteiger partial charge in [0.25, 0.3) is 5.56 Å². The fourth-order valence-electron chi connectivity index (χ4n) is 3.33. The molecule has 0 saturated heterocycles. The summed E-state index contributed by atoms with van der Waals surface area (Å²) in [5.74, 6) is 1.59. The third-order valence-corrected chi connectivity index (χ3v) is 5.28. The van der Waals surface area contributed by atoms with Crippen LogP contribution in [0.4, 0.5) is 5.82 Å². The zero-order valence-corrected chi connectivity index (χ0v) is 18.6. The number of benzene rings is 2. The summed E-state index contributed by atoms with van der Waals surface area (Å²) in [6.07, 6.45) is 2.23. The molecule has 0 bridgehead atoms. The topological polar surface area (TPSA) is 126 Å².